The van der Waals surface area contributed by atoms with E-state index in [1.807, 2.05) is 18.3 Å². The molecule has 0 unspecified atom stereocenters. The van der Waals surface area contributed by atoms with Gasteiger partial charge in [0, 0.05) is 24.3 Å². The average Bonchev–Trinajstić information content (AvgIpc) is 3.06. The highest BCUT2D eigenvalue weighted by Gasteiger charge is 2.31. The standard InChI is InChI=1S/C26H27ClN2O/c27-25-12-11-18(17-28-25)15-19-16-24-23(22-10-6-5-9-21(19)22)13-14-29(26(24)30)20-7-3-1-2-4-8-20/h5-6,9-12,16-17,20H,1-4,7-8,13-15H2. The second-order valence-electron chi connectivity index (χ2n) is 8.67. The average molecular weight is 419 g/mol. The fourth-order valence-electron chi connectivity index (χ4n) is 5.25. The number of nitrogens with zero attached hydrogens (tertiary/aromatic N) is 2. The van der Waals surface area contributed by atoms with Crippen LogP contribution in [0.2, 0.25) is 5.15 Å². The van der Waals surface area contributed by atoms with Gasteiger partial charge in [-0.15, -0.1) is 0 Å². The van der Waals surface area contributed by atoms with Gasteiger partial charge in [-0.05, 0) is 65.3 Å². The molecule has 0 N–H and O–H groups in total. The van der Waals surface area contributed by atoms with Crippen molar-refractivity contribution in [3.05, 3.63) is 76.1 Å². The van der Waals surface area contributed by atoms with Crippen LogP contribution in [0.3, 0.4) is 0 Å². The number of halogens is 1. The summed E-state index contributed by atoms with van der Waals surface area (Å²) >= 11 is 5.96. The van der Waals surface area contributed by atoms with Gasteiger partial charge in [0.2, 0.25) is 0 Å². The number of carbonyl (C=O) groups excluding carboxylic acids is 1. The molecule has 0 spiro atoms. The number of pyridine rings is 1. The van der Waals surface area contributed by atoms with Crippen LogP contribution >= 0.6 is 11.6 Å². The van der Waals surface area contributed by atoms with Crippen LogP contribution in [-0.2, 0) is 12.8 Å². The number of rotatable bonds is 3. The minimum Gasteiger partial charge on any atom is -0.335 e. The van der Waals surface area contributed by atoms with Crippen LogP contribution in [0.15, 0.2) is 48.7 Å². The van der Waals surface area contributed by atoms with E-state index in [9.17, 15) is 4.79 Å². The van der Waals surface area contributed by atoms with E-state index in [-0.39, 0.29) is 5.91 Å². The van der Waals surface area contributed by atoms with Crippen molar-refractivity contribution in [2.45, 2.75) is 57.4 Å². The molecule has 0 bridgehead atoms. The smallest absolute Gasteiger partial charge is 0.254 e. The molecule has 3 aromatic rings. The van der Waals surface area contributed by atoms with Gasteiger partial charge < -0.3 is 4.90 Å². The SMILES string of the molecule is O=C1c2cc(Cc3ccc(Cl)nc3)c3ccccc3c2CCN1C1CCCCCC1. The summed E-state index contributed by atoms with van der Waals surface area (Å²) in [5.41, 5.74) is 4.41. The molecule has 2 aromatic carbocycles. The Balaban J connectivity index is 1.55. The van der Waals surface area contributed by atoms with Crippen molar-refractivity contribution in [1.29, 1.82) is 0 Å². The molecule has 154 valence electrons. The highest BCUT2D eigenvalue weighted by atomic mass is 35.5. The van der Waals surface area contributed by atoms with Gasteiger partial charge in [-0.1, -0.05) is 67.6 Å². The lowest BCUT2D eigenvalue weighted by Crippen LogP contribution is -2.44. The molecule has 30 heavy (non-hydrogen) atoms. The van der Waals surface area contributed by atoms with Crippen LogP contribution in [0, 0.1) is 0 Å². The van der Waals surface area contributed by atoms with Gasteiger partial charge in [0.1, 0.15) is 5.15 Å². The van der Waals surface area contributed by atoms with E-state index >= 15 is 0 Å². The maximum atomic E-state index is 13.6. The topological polar surface area (TPSA) is 33.2 Å². The van der Waals surface area contributed by atoms with E-state index in [0.29, 0.717) is 11.2 Å². The van der Waals surface area contributed by atoms with E-state index in [2.05, 4.69) is 40.2 Å². The molecule has 3 nitrogen and oxygen atoms in total. The highest BCUT2D eigenvalue weighted by molar-refractivity contribution is 6.29. The van der Waals surface area contributed by atoms with E-state index in [1.54, 1.807) is 0 Å². The molecule has 1 aromatic heterocycles. The van der Waals surface area contributed by atoms with E-state index in [0.717, 1.165) is 43.4 Å². The van der Waals surface area contributed by atoms with Crippen LogP contribution in [-0.4, -0.2) is 28.4 Å². The van der Waals surface area contributed by atoms with Crippen LogP contribution in [0.1, 0.15) is 65.6 Å². The molecule has 1 saturated carbocycles. The number of aromatic nitrogens is 1. The summed E-state index contributed by atoms with van der Waals surface area (Å²) in [4.78, 5) is 20.0. The lowest BCUT2D eigenvalue weighted by atomic mass is 9.87. The molecule has 1 fully saturated rings. The molecule has 2 aliphatic rings. The van der Waals surface area contributed by atoms with Crippen LogP contribution < -0.4 is 0 Å². The summed E-state index contributed by atoms with van der Waals surface area (Å²) in [7, 11) is 0. The minimum atomic E-state index is 0.226. The summed E-state index contributed by atoms with van der Waals surface area (Å²) in [5.74, 6) is 0.226. The van der Waals surface area contributed by atoms with E-state index in [4.69, 9.17) is 11.6 Å². The van der Waals surface area contributed by atoms with Gasteiger partial charge in [0.15, 0.2) is 0 Å². The molecule has 1 aliphatic heterocycles. The van der Waals surface area contributed by atoms with Gasteiger partial charge in [-0.2, -0.15) is 0 Å². The van der Waals surface area contributed by atoms with Gasteiger partial charge in [0.05, 0.1) is 0 Å². The van der Waals surface area contributed by atoms with Crippen LogP contribution in [0.25, 0.3) is 10.8 Å². The second-order valence-corrected chi connectivity index (χ2v) is 9.05. The van der Waals surface area contributed by atoms with E-state index in [1.165, 1.54) is 47.6 Å². The molecule has 0 saturated heterocycles. The predicted molar refractivity (Wildman–Crippen MR) is 122 cm³/mol. The van der Waals surface area contributed by atoms with Gasteiger partial charge >= 0.3 is 0 Å². The summed E-state index contributed by atoms with van der Waals surface area (Å²) < 4.78 is 0. The van der Waals surface area contributed by atoms with Crippen molar-refractivity contribution >= 4 is 28.3 Å². The Hall–Kier alpha value is -2.39. The van der Waals surface area contributed by atoms with Crippen molar-refractivity contribution in [1.82, 2.24) is 9.88 Å². The molecule has 0 radical (unpaired) electrons. The third-order valence-electron chi connectivity index (χ3n) is 6.78. The first-order valence-electron chi connectivity index (χ1n) is 11.2. The molecule has 5 rings (SSSR count). The number of fused-ring (bicyclic) bond motifs is 3. The van der Waals surface area contributed by atoms with Crippen molar-refractivity contribution in [2.24, 2.45) is 0 Å². The van der Waals surface area contributed by atoms with E-state index < -0.39 is 0 Å². The molecule has 1 aliphatic carbocycles. The lowest BCUT2D eigenvalue weighted by Gasteiger charge is -2.36. The Morgan fingerprint density at radius 3 is 2.50 bits per heavy atom. The second kappa shape index (κ2) is 8.39. The Morgan fingerprint density at radius 1 is 1.00 bits per heavy atom. The van der Waals surface area contributed by atoms with Gasteiger partial charge in [-0.25, -0.2) is 4.98 Å². The Kier molecular flexibility index (Phi) is 5.47. The molecule has 1 amide bonds. The molecule has 0 atom stereocenters. The monoisotopic (exact) mass is 418 g/mol. The summed E-state index contributed by atoms with van der Waals surface area (Å²) in [6.45, 7) is 0.848. The number of carbonyl (C=O) groups is 1. The largest absolute Gasteiger partial charge is 0.335 e. The number of amides is 1. The highest BCUT2D eigenvalue weighted by Crippen LogP contribution is 2.34. The van der Waals surface area contributed by atoms with Crippen LogP contribution in [0.5, 0.6) is 0 Å². The molecule has 2 heterocycles. The zero-order valence-electron chi connectivity index (χ0n) is 17.2. The third kappa shape index (κ3) is 3.72. The first-order chi connectivity index (χ1) is 14.7. The van der Waals surface area contributed by atoms with Gasteiger partial charge in [0.25, 0.3) is 5.91 Å². The van der Waals surface area contributed by atoms with Gasteiger partial charge in [-0.3, -0.25) is 4.79 Å². The molecular formula is C26H27ClN2O. The Labute approximate surface area is 183 Å². The first-order valence-corrected chi connectivity index (χ1v) is 11.5. The van der Waals surface area contributed by atoms with Crippen molar-refractivity contribution in [3.63, 3.8) is 0 Å². The van der Waals surface area contributed by atoms with Crippen LogP contribution in [0.4, 0.5) is 0 Å². The predicted octanol–water partition coefficient (Wildman–Crippen LogP) is 6.20. The summed E-state index contributed by atoms with van der Waals surface area (Å²) in [6.07, 6.45) is 10.9. The Bertz CT molecular complexity index is 1070. The maximum absolute atomic E-state index is 13.6. The fourth-order valence-corrected chi connectivity index (χ4v) is 5.37. The van der Waals surface area contributed by atoms with Crippen molar-refractivity contribution < 1.29 is 4.79 Å². The number of hydrogen-bond donors (Lipinski definition) is 0. The normalized spacial score (nSPS) is 17.8. The maximum Gasteiger partial charge on any atom is 0.254 e. The third-order valence-corrected chi connectivity index (χ3v) is 7.01. The minimum absolute atomic E-state index is 0.226. The number of benzene rings is 2. The Morgan fingerprint density at radius 2 is 1.77 bits per heavy atom. The van der Waals surface area contributed by atoms with Crippen molar-refractivity contribution in [3.8, 4) is 0 Å². The number of hydrogen-bond acceptors (Lipinski definition) is 2. The first kappa shape index (κ1) is 19.6. The zero-order valence-corrected chi connectivity index (χ0v) is 18.0. The van der Waals surface area contributed by atoms with Crippen molar-refractivity contribution in [2.75, 3.05) is 6.54 Å². The summed E-state index contributed by atoms with van der Waals surface area (Å²) in [6, 6.07) is 14.9. The zero-order chi connectivity index (χ0) is 20.5. The quantitative estimate of drug-likeness (QED) is 0.374. The molecular weight excluding hydrogens is 392 g/mol. The lowest BCUT2D eigenvalue weighted by molar-refractivity contribution is 0.0642. The summed E-state index contributed by atoms with van der Waals surface area (Å²) in [5, 5.41) is 2.96. The molecule has 4 heteroatoms. The fraction of sp³-hybridized carbons (Fsp3) is 0.385.